The molecule has 0 unspecified atom stereocenters. The lowest BCUT2D eigenvalue weighted by atomic mass is 9.98. The molecule has 152 valence electrons. The van der Waals surface area contributed by atoms with Gasteiger partial charge in [-0.05, 0) is 43.4 Å². The first-order valence-electron chi connectivity index (χ1n) is 10.4. The molecule has 1 aromatic rings. The Hall–Kier alpha value is -2.21. The van der Waals surface area contributed by atoms with Crippen molar-refractivity contribution in [3.63, 3.8) is 0 Å². The van der Waals surface area contributed by atoms with E-state index in [1.54, 1.807) is 0 Å². The molecule has 2 saturated heterocycles. The van der Waals surface area contributed by atoms with Crippen LogP contribution in [-0.2, 0) is 11.3 Å². The highest BCUT2D eigenvalue weighted by Crippen LogP contribution is 2.20. The number of carbonyl (C=O) groups excluding carboxylic acids is 1. The summed E-state index contributed by atoms with van der Waals surface area (Å²) in [7, 11) is 0. The van der Waals surface area contributed by atoms with Crippen molar-refractivity contribution in [1.82, 2.24) is 9.80 Å². The lowest BCUT2D eigenvalue weighted by Crippen LogP contribution is -2.42. The van der Waals surface area contributed by atoms with Crippen molar-refractivity contribution in [3.8, 4) is 0 Å². The maximum absolute atomic E-state index is 13.2. The summed E-state index contributed by atoms with van der Waals surface area (Å²) in [6, 6.07) is 6.58. The number of halogens is 1. The molecule has 0 saturated carbocycles. The third-order valence-corrected chi connectivity index (χ3v) is 5.44. The Kier molecular flexibility index (Phi) is 7.20. The van der Waals surface area contributed by atoms with Crippen molar-refractivity contribution < 1.29 is 9.18 Å². The van der Waals surface area contributed by atoms with Gasteiger partial charge in [-0.3, -0.25) is 14.7 Å². The van der Waals surface area contributed by atoms with Crippen molar-refractivity contribution >= 4 is 11.6 Å². The number of carbonyl (C=O) groups is 1. The standard InChI is InChI=1S/C22H31FN4O/c1-2-11-25-20-10-14-26(15-17-6-8-18(23)9-7-17)16-19(20)21(24)22(28)27-12-4-3-5-13-27/h6-9H,2-5,10-16,24H2,1H3/b21-19-,25-20?. The summed E-state index contributed by atoms with van der Waals surface area (Å²) < 4.78 is 13.2. The van der Waals surface area contributed by atoms with Gasteiger partial charge in [0.1, 0.15) is 11.5 Å². The first-order valence-corrected chi connectivity index (χ1v) is 10.4. The number of piperidine rings is 2. The van der Waals surface area contributed by atoms with Gasteiger partial charge in [0.25, 0.3) is 5.91 Å². The van der Waals surface area contributed by atoms with E-state index in [4.69, 9.17) is 10.7 Å². The number of hydrogen-bond donors (Lipinski definition) is 1. The highest BCUT2D eigenvalue weighted by Gasteiger charge is 2.27. The van der Waals surface area contributed by atoms with Gasteiger partial charge >= 0.3 is 0 Å². The zero-order valence-corrected chi connectivity index (χ0v) is 16.8. The summed E-state index contributed by atoms with van der Waals surface area (Å²) in [5.74, 6) is -0.282. The molecule has 2 N–H and O–H groups in total. The molecule has 0 spiro atoms. The Morgan fingerprint density at radius 3 is 2.54 bits per heavy atom. The number of nitrogens with two attached hydrogens (primary N) is 1. The number of aliphatic imine (C=N–C) groups is 1. The summed E-state index contributed by atoms with van der Waals surface area (Å²) in [6.45, 7) is 6.58. The monoisotopic (exact) mass is 386 g/mol. The number of amides is 1. The van der Waals surface area contributed by atoms with E-state index >= 15 is 0 Å². The fraction of sp³-hybridized carbons (Fsp3) is 0.545. The molecule has 0 bridgehead atoms. The SMILES string of the molecule is CCCN=C1CCN(Cc2ccc(F)cc2)C/C1=C(/N)C(=O)N1CCCCC1. The van der Waals surface area contributed by atoms with Crippen molar-refractivity contribution in [2.24, 2.45) is 10.7 Å². The average molecular weight is 387 g/mol. The van der Waals surface area contributed by atoms with Gasteiger partial charge in [-0.2, -0.15) is 0 Å². The topological polar surface area (TPSA) is 61.9 Å². The van der Waals surface area contributed by atoms with Gasteiger partial charge < -0.3 is 10.6 Å². The van der Waals surface area contributed by atoms with E-state index in [1.807, 2.05) is 17.0 Å². The lowest BCUT2D eigenvalue weighted by Gasteiger charge is -2.32. The molecule has 2 aliphatic rings. The molecular weight excluding hydrogens is 355 g/mol. The number of hydrogen-bond acceptors (Lipinski definition) is 4. The lowest BCUT2D eigenvalue weighted by molar-refractivity contribution is -0.128. The van der Waals surface area contributed by atoms with Gasteiger partial charge in [0.05, 0.1) is 0 Å². The molecule has 28 heavy (non-hydrogen) atoms. The Balaban J connectivity index is 1.79. The molecule has 2 fully saturated rings. The zero-order valence-electron chi connectivity index (χ0n) is 16.8. The van der Waals surface area contributed by atoms with E-state index in [9.17, 15) is 9.18 Å². The molecule has 0 aromatic heterocycles. The molecule has 5 nitrogen and oxygen atoms in total. The Morgan fingerprint density at radius 1 is 1.14 bits per heavy atom. The zero-order chi connectivity index (χ0) is 19.9. The van der Waals surface area contributed by atoms with Gasteiger partial charge in [0, 0.05) is 57.0 Å². The summed E-state index contributed by atoms with van der Waals surface area (Å²) in [5.41, 5.74) is 9.64. The van der Waals surface area contributed by atoms with Gasteiger partial charge in [0.15, 0.2) is 0 Å². The van der Waals surface area contributed by atoms with E-state index in [2.05, 4.69) is 11.8 Å². The van der Waals surface area contributed by atoms with Crippen LogP contribution < -0.4 is 5.73 Å². The second-order valence-corrected chi connectivity index (χ2v) is 7.66. The van der Waals surface area contributed by atoms with Crippen molar-refractivity contribution in [2.45, 2.75) is 45.6 Å². The predicted molar refractivity (Wildman–Crippen MR) is 111 cm³/mol. The van der Waals surface area contributed by atoms with Crippen molar-refractivity contribution in [3.05, 3.63) is 46.9 Å². The van der Waals surface area contributed by atoms with Crippen LogP contribution in [0.3, 0.4) is 0 Å². The molecule has 1 amide bonds. The fourth-order valence-corrected chi connectivity index (χ4v) is 3.85. The van der Waals surface area contributed by atoms with E-state index < -0.39 is 0 Å². The van der Waals surface area contributed by atoms with Crippen LogP contribution in [0.5, 0.6) is 0 Å². The van der Waals surface area contributed by atoms with Gasteiger partial charge in [0.2, 0.25) is 0 Å². The van der Waals surface area contributed by atoms with Crippen LogP contribution in [0.1, 0.15) is 44.6 Å². The average Bonchev–Trinajstić information content (AvgIpc) is 2.74. The second kappa shape index (κ2) is 9.82. The second-order valence-electron chi connectivity index (χ2n) is 7.66. The third-order valence-electron chi connectivity index (χ3n) is 5.44. The number of benzene rings is 1. The summed E-state index contributed by atoms with van der Waals surface area (Å²) in [4.78, 5) is 21.8. The van der Waals surface area contributed by atoms with E-state index in [-0.39, 0.29) is 11.7 Å². The highest BCUT2D eigenvalue weighted by atomic mass is 19.1. The van der Waals surface area contributed by atoms with Crippen LogP contribution in [0.4, 0.5) is 4.39 Å². The normalized spacial score (nSPS) is 21.8. The molecule has 0 radical (unpaired) electrons. The summed E-state index contributed by atoms with van der Waals surface area (Å²) in [6.07, 6.45) is 5.01. The third kappa shape index (κ3) is 5.19. The van der Waals surface area contributed by atoms with Crippen LogP contribution in [0.25, 0.3) is 0 Å². The maximum atomic E-state index is 13.2. The smallest absolute Gasteiger partial charge is 0.270 e. The molecule has 2 heterocycles. The van der Waals surface area contributed by atoms with Crippen LogP contribution in [0.15, 0.2) is 40.5 Å². The first kappa shape index (κ1) is 20.5. The van der Waals surface area contributed by atoms with Crippen LogP contribution in [-0.4, -0.2) is 54.1 Å². The number of nitrogens with zero attached hydrogens (tertiary/aromatic N) is 3. The van der Waals surface area contributed by atoms with Crippen LogP contribution >= 0.6 is 0 Å². The van der Waals surface area contributed by atoms with Crippen molar-refractivity contribution in [1.29, 1.82) is 0 Å². The van der Waals surface area contributed by atoms with E-state index in [0.717, 1.165) is 68.7 Å². The van der Waals surface area contributed by atoms with Crippen molar-refractivity contribution in [2.75, 3.05) is 32.7 Å². The Bertz CT molecular complexity index is 735. The van der Waals surface area contributed by atoms with Gasteiger partial charge in [-0.1, -0.05) is 19.1 Å². The molecule has 3 rings (SSSR count). The molecule has 0 aliphatic carbocycles. The summed E-state index contributed by atoms with van der Waals surface area (Å²) >= 11 is 0. The maximum Gasteiger partial charge on any atom is 0.270 e. The summed E-state index contributed by atoms with van der Waals surface area (Å²) in [5, 5.41) is 0. The van der Waals surface area contributed by atoms with Crippen LogP contribution in [0, 0.1) is 5.82 Å². The predicted octanol–water partition coefficient (Wildman–Crippen LogP) is 3.11. The molecule has 2 aliphatic heterocycles. The van der Waals surface area contributed by atoms with Crippen LogP contribution in [0.2, 0.25) is 0 Å². The Morgan fingerprint density at radius 2 is 1.86 bits per heavy atom. The molecule has 0 atom stereocenters. The molecule has 1 aromatic carbocycles. The number of rotatable bonds is 5. The fourth-order valence-electron chi connectivity index (χ4n) is 3.85. The van der Waals surface area contributed by atoms with E-state index in [1.165, 1.54) is 18.6 Å². The quantitative estimate of drug-likeness (QED) is 0.791. The van der Waals surface area contributed by atoms with Gasteiger partial charge in [-0.25, -0.2) is 4.39 Å². The molecule has 6 heteroatoms. The Labute approximate surface area is 167 Å². The molecular formula is C22H31FN4O. The number of likely N-dealkylation sites (tertiary alicyclic amines) is 2. The minimum absolute atomic E-state index is 0.0532. The first-order chi connectivity index (χ1) is 13.6. The van der Waals surface area contributed by atoms with E-state index in [0.29, 0.717) is 18.8 Å². The highest BCUT2D eigenvalue weighted by molar-refractivity contribution is 6.08. The van der Waals surface area contributed by atoms with Gasteiger partial charge in [-0.15, -0.1) is 0 Å². The minimum atomic E-state index is -0.228. The largest absolute Gasteiger partial charge is 0.394 e. The minimum Gasteiger partial charge on any atom is -0.394 e.